The van der Waals surface area contributed by atoms with Gasteiger partial charge in [-0.15, -0.1) is 0 Å². The quantitative estimate of drug-likeness (QED) is 0.769. The molecule has 0 amide bonds. The van der Waals surface area contributed by atoms with Gasteiger partial charge in [-0.3, -0.25) is 0 Å². The van der Waals surface area contributed by atoms with Crippen molar-refractivity contribution in [2.24, 2.45) is 0 Å². The Morgan fingerprint density at radius 1 is 1.05 bits per heavy atom. The van der Waals surface area contributed by atoms with Crippen LogP contribution in [0.2, 0.25) is 5.02 Å². The first-order chi connectivity index (χ1) is 10.1. The van der Waals surface area contributed by atoms with Gasteiger partial charge in [-0.25, -0.2) is 0 Å². The Kier molecular flexibility index (Phi) is 5.84. The lowest BCUT2D eigenvalue weighted by molar-refractivity contribution is 0.527. The molecule has 2 heteroatoms. The summed E-state index contributed by atoms with van der Waals surface area (Å²) in [4.78, 5) is 0. The summed E-state index contributed by atoms with van der Waals surface area (Å²) in [5.41, 5.74) is 5.42. The number of rotatable bonds is 6. The first kappa shape index (κ1) is 16.1. The molecule has 0 spiro atoms. The second kappa shape index (κ2) is 7.63. The third kappa shape index (κ3) is 4.33. The van der Waals surface area contributed by atoms with Crippen LogP contribution in [0.4, 0.5) is 0 Å². The highest BCUT2D eigenvalue weighted by molar-refractivity contribution is 6.30. The van der Waals surface area contributed by atoms with Crippen LogP contribution in [-0.2, 0) is 6.42 Å². The molecule has 0 fully saturated rings. The summed E-state index contributed by atoms with van der Waals surface area (Å²) in [6.07, 6.45) is 2.13. The fourth-order valence-electron chi connectivity index (χ4n) is 2.72. The van der Waals surface area contributed by atoms with Crippen molar-refractivity contribution in [1.82, 2.24) is 5.32 Å². The van der Waals surface area contributed by atoms with Gasteiger partial charge >= 0.3 is 0 Å². The molecular weight excluding hydrogens is 278 g/mol. The normalized spacial score (nSPS) is 12.4. The molecule has 0 saturated carbocycles. The number of hydrogen-bond acceptors (Lipinski definition) is 1. The molecule has 0 saturated heterocycles. The molecule has 1 unspecified atom stereocenters. The topological polar surface area (TPSA) is 12.0 Å². The Morgan fingerprint density at radius 2 is 1.71 bits per heavy atom. The fourth-order valence-corrected chi connectivity index (χ4v) is 2.92. The van der Waals surface area contributed by atoms with E-state index in [2.05, 4.69) is 56.4 Å². The highest BCUT2D eigenvalue weighted by Crippen LogP contribution is 2.25. The van der Waals surface area contributed by atoms with Crippen molar-refractivity contribution in [1.29, 1.82) is 0 Å². The summed E-state index contributed by atoms with van der Waals surface area (Å²) in [5.74, 6) is 0. The highest BCUT2D eigenvalue weighted by atomic mass is 35.5. The van der Waals surface area contributed by atoms with Crippen LogP contribution in [0.25, 0.3) is 0 Å². The van der Waals surface area contributed by atoms with E-state index in [-0.39, 0.29) is 0 Å². The maximum absolute atomic E-state index is 6.16. The van der Waals surface area contributed by atoms with Gasteiger partial charge in [-0.05, 0) is 67.6 Å². The number of aryl methyl sites for hydroxylation is 2. The average Bonchev–Trinajstić information content (AvgIpc) is 2.46. The van der Waals surface area contributed by atoms with E-state index in [9.17, 15) is 0 Å². The van der Waals surface area contributed by atoms with Gasteiger partial charge in [0.05, 0.1) is 0 Å². The van der Waals surface area contributed by atoms with Gasteiger partial charge in [0.1, 0.15) is 0 Å². The van der Waals surface area contributed by atoms with Crippen molar-refractivity contribution in [3.05, 3.63) is 69.7 Å². The van der Waals surface area contributed by atoms with Crippen LogP contribution < -0.4 is 5.32 Å². The first-order valence-corrected chi connectivity index (χ1v) is 8.03. The van der Waals surface area contributed by atoms with Gasteiger partial charge in [0.25, 0.3) is 0 Å². The van der Waals surface area contributed by atoms with Crippen molar-refractivity contribution in [2.45, 2.75) is 39.7 Å². The average molecular weight is 302 g/mol. The molecule has 0 aliphatic heterocycles. The van der Waals surface area contributed by atoms with Gasteiger partial charge in [0, 0.05) is 11.1 Å². The molecule has 0 aromatic heterocycles. The predicted molar refractivity (Wildman–Crippen MR) is 92.1 cm³/mol. The lowest BCUT2D eigenvalue weighted by atomic mass is 9.93. The van der Waals surface area contributed by atoms with Crippen molar-refractivity contribution in [3.63, 3.8) is 0 Å². The molecule has 1 atom stereocenters. The lowest BCUT2D eigenvalue weighted by Gasteiger charge is -2.21. The van der Waals surface area contributed by atoms with Crippen molar-refractivity contribution in [3.8, 4) is 0 Å². The maximum Gasteiger partial charge on any atom is 0.0409 e. The predicted octanol–water partition coefficient (Wildman–Crippen LogP) is 5.24. The van der Waals surface area contributed by atoms with Gasteiger partial charge in [0.2, 0.25) is 0 Å². The maximum atomic E-state index is 6.16. The number of benzene rings is 2. The van der Waals surface area contributed by atoms with E-state index in [4.69, 9.17) is 11.6 Å². The molecule has 1 N–H and O–H groups in total. The molecule has 21 heavy (non-hydrogen) atoms. The highest BCUT2D eigenvalue weighted by Gasteiger charge is 2.14. The summed E-state index contributed by atoms with van der Waals surface area (Å²) in [7, 11) is 0. The monoisotopic (exact) mass is 301 g/mol. The Balaban J connectivity index is 2.28. The zero-order valence-corrected chi connectivity index (χ0v) is 13.9. The van der Waals surface area contributed by atoms with Crippen LogP contribution in [0.5, 0.6) is 0 Å². The summed E-state index contributed by atoms with van der Waals surface area (Å²) >= 11 is 6.16. The van der Waals surface area contributed by atoms with E-state index in [1.54, 1.807) is 0 Å². The fraction of sp³-hybridized carbons (Fsp3) is 0.368. The SMILES string of the molecule is CCCNC(Cc1c(C)cccc1C)c1cccc(Cl)c1. The zero-order valence-electron chi connectivity index (χ0n) is 13.1. The summed E-state index contributed by atoms with van der Waals surface area (Å²) in [6.45, 7) is 7.59. The van der Waals surface area contributed by atoms with E-state index in [1.165, 1.54) is 22.3 Å². The molecule has 112 valence electrons. The minimum atomic E-state index is 0.309. The standard InChI is InChI=1S/C19H24ClN/c1-4-11-21-19(16-9-6-10-17(20)12-16)13-18-14(2)7-5-8-15(18)3/h5-10,12,19,21H,4,11,13H2,1-3H3. The molecule has 1 nitrogen and oxygen atoms in total. The summed E-state index contributed by atoms with van der Waals surface area (Å²) in [6, 6.07) is 15.0. The van der Waals surface area contributed by atoms with Crippen molar-refractivity contribution < 1.29 is 0 Å². The first-order valence-electron chi connectivity index (χ1n) is 7.65. The van der Waals surface area contributed by atoms with Crippen molar-refractivity contribution in [2.75, 3.05) is 6.54 Å². The third-order valence-electron chi connectivity index (χ3n) is 3.94. The van der Waals surface area contributed by atoms with Gasteiger partial charge < -0.3 is 5.32 Å². The minimum Gasteiger partial charge on any atom is -0.310 e. The molecule has 2 aromatic rings. The second-order valence-electron chi connectivity index (χ2n) is 5.64. The van der Waals surface area contributed by atoms with E-state index in [0.717, 1.165) is 24.4 Å². The summed E-state index contributed by atoms with van der Waals surface area (Å²) < 4.78 is 0. The third-order valence-corrected chi connectivity index (χ3v) is 4.18. The summed E-state index contributed by atoms with van der Waals surface area (Å²) in [5, 5.41) is 4.46. The number of hydrogen-bond donors (Lipinski definition) is 1. The van der Waals surface area contributed by atoms with Crippen LogP contribution in [-0.4, -0.2) is 6.54 Å². The van der Waals surface area contributed by atoms with Crippen LogP contribution >= 0.6 is 11.6 Å². The van der Waals surface area contributed by atoms with Crippen LogP contribution in [0.1, 0.15) is 41.6 Å². The molecule has 2 rings (SSSR count). The van der Waals surface area contributed by atoms with Crippen LogP contribution in [0.15, 0.2) is 42.5 Å². The Morgan fingerprint density at radius 3 is 2.33 bits per heavy atom. The molecular formula is C19H24ClN. The minimum absolute atomic E-state index is 0.309. The van der Waals surface area contributed by atoms with E-state index in [1.807, 2.05) is 12.1 Å². The Labute approximate surface area is 133 Å². The van der Waals surface area contributed by atoms with E-state index in [0.29, 0.717) is 6.04 Å². The largest absolute Gasteiger partial charge is 0.310 e. The van der Waals surface area contributed by atoms with Crippen LogP contribution in [0.3, 0.4) is 0 Å². The molecule has 0 aliphatic rings. The number of nitrogens with one attached hydrogen (secondary N) is 1. The molecule has 0 aliphatic carbocycles. The zero-order chi connectivity index (χ0) is 15.2. The van der Waals surface area contributed by atoms with Gasteiger partial charge in [0.15, 0.2) is 0 Å². The smallest absolute Gasteiger partial charge is 0.0409 e. The lowest BCUT2D eigenvalue weighted by Crippen LogP contribution is -2.24. The molecule has 2 aromatic carbocycles. The molecule has 0 radical (unpaired) electrons. The van der Waals surface area contributed by atoms with E-state index < -0.39 is 0 Å². The second-order valence-corrected chi connectivity index (χ2v) is 6.07. The Bertz CT molecular complexity index is 572. The molecule has 0 heterocycles. The van der Waals surface area contributed by atoms with Gasteiger partial charge in [-0.2, -0.15) is 0 Å². The van der Waals surface area contributed by atoms with Crippen LogP contribution in [0, 0.1) is 13.8 Å². The van der Waals surface area contributed by atoms with Gasteiger partial charge in [-0.1, -0.05) is 48.9 Å². The Hall–Kier alpha value is -1.31. The number of halogens is 1. The molecule has 0 bridgehead atoms. The van der Waals surface area contributed by atoms with E-state index >= 15 is 0 Å². The van der Waals surface area contributed by atoms with Crippen molar-refractivity contribution >= 4 is 11.6 Å².